The summed E-state index contributed by atoms with van der Waals surface area (Å²) in [6.45, 7) is 0. The van der Waals surface area contributed by atoms with Crippen LogP contribution < -0.4 is 11.2 Å². The molecule has 1 aromatic heterocycles. The lowest BCUT2D eigenvalue weighted by atomic mass is 10.2. The summed E-state index contributed by atoms with van der Waals surface area (Å²) in [5.74, 6) is -1.36. The third kappa shape index (κ3) is 1.73. The van der Waals surface area contributed by atoms with Gasteiger partial charge < -0.3 is 10.2 Å². The van der Waals surface area contributed by atoms with Crippen molar-refractivity contribution in [2.45, 2.75) is 0 Å². The number of nitro groups is 1. The second kappa shape index (κ2) is 3.71. The van der Waals surface area contributed by atoms with Crippen LogP contribution in [0.25, 0.3) is 11.0 Å². The van der Waals surface area contributed by atoms with Gasteiger partial charge in [0.2, 0.25) is 5.58 Å². The molecule has 86 valence electrons. The summed E-state index contributed by atoms with van der Waals surface area (Å²) >= 11 is 0. The van der Waals surface area contributed by atoms with Gasteiger partial charge in [0.15, 0.2) is 11.2 Å². The molecule has 2 aromatic rings. The van der Waals surface area contributed by atoms with Crippen molar-refractivity contribution < 1.29 is 14.1 Å². The van der Waals surface area contributed by atoms with Gasteiger partial charge >= 0.3 is 5.69 Å². The van der Waals surface area contributed by atoms with Crippen molar-refractivity contribution in [3.05, 3.63) is 50.4 Å². The Hall–Kier alpha value is -2.70. The number of non-ortho nitro benzene ring substituents is 1. The maximum Gasteiger partial charge on any atom is 0.312 e. The fourth-order valence-corrected chi connectivity index (χ4v) is 1.43. The SMILES string of the molecule is NC(=O)c1cc(=O)c2cccc([N+](=O)[O-])c2o1. The first kappa shape index (κ1) is 10.8. The summed E-state index contributed by atoms with van der Waals surface area (Å²) in [7, 11) is 0. The zero-order chi connectivity index (χ0) is 12.6. The van der Waals surface area contributed by atoms with Crippen LogP contribution in [0.1, 0.15) is 10.6 Å². The Bertz CT molecular complexity index is 689. The minimum Gasteiger partial charge on any atom is -0.443 e. The molecule has 0 radical (unpaired) electrons. The van der Waals surface area contributed by atoms with Gasteiger partial charge in [-0.15, -0.1) is 0 Å². The summed E-state index contributed by atoms with van der Waals surface area (Å²) < 4.78 is 4.98. The number of benzene rings is 1. The molecule has 17 heavy (non-hydrogen) atoms. The van der Waals surface area contributed by atoms with Gasteiger partial charge in [0.05, 0.1) is 10.3 Å². The topological polar surface area (TPSA) is 116 Å². The van der Waals surface area contributed by atoms with Crippen molar-refractivity contribution in [2.24, 2.45) is 5.73 Å². The van der Waals surface area contributed by atoms with E-state index in [1.807, 2.05) is 0 Å². The van der Waals surface area contributed by atoms with Crippen LogP contribution in [0.2, 0.25) is 0 Å². The molecule has 0 unspecified atom stereocenters. The van der Waals surface area contributed by atoms with Crippen molar-refractivity contribution in [3.8, 4) is 0 Å². The number of hydrogen-bond acceptors (Lipinski definition) is 5. The third-order valence-electron chi connectivity index (χ3n) is 2.17. The highest BCUT2D eigenvalue weighted by Gasteiger charge is 2.18. The average Bonchev–Trinajstić information content (AvgIpc) is 2.27. The molecule has 2 rings (SSSR count). The van der Waals surface area contributed by atoms with Gasteiger partial charge in [-0.1, -0.05) is 6.07 Å². The molecule has 0 aliphatic rings. The monoisotopic (exact) mass is 234 g/mol. The van der Waals surface area contributed by atoms with E-state index in [1.54, 1.807) is 0 Å². The van der Waals surface area contributed by atoms with Crippen LogP contribution in [0.4, 0.5) is 5.69 Å². The Morgan fingerprint density at radius 1 is 1.41 bits per heavy atom. The van der Waals surface area contributed by atoms with Gasteiger partial charge in [-0.3, -0.25) is 19.7 Å². The predicted octanol–water partition coefficient (Wildman–Crippen LogP) is 0.800. The zero-order valence-corrected chi connectivity index (χ0v) is 8.38. The Morgan fingerprint density at radius 3 is 2.71 bits per heavy atom. The molecule has 7 nitrogen and oxygen atoms in total. The Labute approximate surface area is 93.6 Å². The smallest absolute Gasteiger partial charge is 0.312 e. The van der Waals surface area contributed by atoms with Crippen LogP contribution in [0.5, 0.6) is 0 Å². The standard InChI is InChI=1S/C10H6N2O5/c11-10(14)8-4-7(13)5-2-1-3-6(12(15)16)9(5)17-8/h1-4H,(H2,11,14). The van der Waals surface area contributed by atoms with Gasteiger partial charge in [-0.05, 0) is 6.07 Å². The number of amides is 1. The first-order valence-electron chi connectivity index (χ1n) is 4.52. The number of carbonyl (C=O) groups excluding carboxylic acids is 1. The third-order valence-corrected chi connectivity index (χ3v) is 2.17. The molecule has 0 saturated carbocycles. The lowest BCUT2D eigenvalue weighted by Crippen LogP contribution is -2.14. The van der Waals surface area contributed by atoms with E-state index >= 15 is 0 Å². The average molecular weight is 234 g/mol. The maximum absolute atomic E-state index is 11.6. The molecule has 0 aliphatic carbocycles. The summed E-state index contributed by atoms with van der Waals surface area (Å²) in [6.07, 6.45) is 0. The number of rotatable bonds is 2. The first-order valence-corrected chi connectivity index (χ1v) is 4.52. The van der Waals surface area contributed by atoms with Gasteiger partial charge in [-0.2, -0.15) is 0 Å². The largest absolute Gasteiger partial charge is 0.443 e. The Balaban J connectivity index is 2.93. The Kier molecular flexibility index (Phi) is 2.36. The Morgan fingerprint density at radius 2 is 2.12 bits per heavy atom. The van der Waals surface area contributed by atoms with E-state index in [4.69, 9.17) is 10.2 Å². The molecule has 0 saturated heterocycles. The molecule has 0 atom stereocenters. The van der Waals surface area contributed by atoms with Gasteiger partial charge in [0, 0.05) is 12.1 Å². The van der Waals surface area contributed by atoms with Crippen molar-refractivity contribution in [2.75, 3.05) is 0 Å². The van der Waals surface area contributed by atoms with E-state index in [2.05, 4.69) is 0 Å². The molecule has 2 N–H and O–H groups in total. The second-order valence-corrected chi connectivity index (χ2v) is 3.25. The quantitative estimate of drug-likeness (QED) is 0.609. The van der Waals surface area contributed by atoms with Crippen LogP contribution in [-0.2, 0) is 0 Å². The molecule has 0 bridgehead atoms. The highest BCUT2D eigenvalue weighted by Crippen LogP contribution is 2.23. The maximum atomic E-state index is 11.6. The minimum absolute atomic E-state index is 0.0317. The van der Waals surface area contributed by atoms with Crippen molar-refractivity contribution in [3.63, 3.8) is 0 Å². The number of carbonyl (C=O) groups is 1. The van der Waals surface area contributed by atoms with Crippen molar-refractivity contribution in [1.82, 2.24) is 0 Å². The number of nitro benzene ring substituents is 1. The zero-order valence-electron chi connectivity index (χ0n) is 8.38. The first-order chi connectivity index (χ1) is 8.00. The molecule has 1 amide bonds. The highest BCUT2D eigenvalue weighted by atomic mass is 16.6. The van der Waals surface area contributed by atoms with E-state index < -0.39 is 22.0 Å². The lowest BCUT2D eigenvalue weighted by molar-refractivity contribution is -0.383. The van der Waals surface area contributed by atoms with Gasteiger partial charge in [0.1, 0.15) is 0 Å². The summed E-state index contributed by atoms with van der Waals surface area (Å²) in [6, 6.07) is 4.82. The fraction of sp³-hybridized carbons (Fsp3) is 0. The van der Waals surface area contributed by atoms with Gasteiger partial charge in [0.25, 0.3) is 5.91 Å². The van der Waals surface area contributed by atoms with E-state index in [-0.39, 0.29) is 16.7 Å². The minimum atomic E-state index is -0.956. The van der Waals surface area contributed by atoms with Crippen LogP contribution in [-0.4, -0.2) is 10.8 Å². The summed E-state index contributed by atoms with van der Waals surface area (Å²) in [5, 5.41) is 10.8. The molecule has 7 heteroatoms. The van der Waals surface area contributed by atoms with E-state index in [0.29, 0.717) is 0 Å². The number of nitrogens with two attached hydrogens (primary N) is 1. The lowest BCUT2D eigenvalue weighted by Gasteiger charge is -1.99. The number of primary amides is 1. The van der Waals surface area contributed by atoms with Crippen LogP contribution >= 0.6 is 0 Å². The number of hydrogen-bond donors (Lipinski definition) is 1. The molecular formula is C10H6N2O5. The summed E-state index contributed by atoms with van der Waals surface area (Å²) in [5.41, 5.74) is 3.77. The number of para-hydroxylation sites is 1. The van der Waals surface area contributed by atoms with E-state index in [1.165, 1.54) is 18.2 Å². The van der Waals surface area contributed by atoms with Crippen LogP contribution in [0, 0.1) is 10.1 Å². The van der Waals surface area contributed by atoms with Gasteiger partial charge in [-0.25, -0.2) is 0 Å². The van der Waals surface area contributed by atoms with E-state index in [0.717, 1.165) is 6.07 Å². The molecular weight excluding hydrogens is 228 g/mol. The molecule has 0 aliphatic heterocycles. The van der Waals surface area contributed by atoms with Crippen LogP contribution in [0.3, 0.4) is 0 Å². The number of fused-ring (bicyclic) bond motifs is 1. The highest BCUT2D eigenvalue weighted by molar-refractivity contribution is 5.93. The normalized spacial score (nSPS) is 10.4. The molecule has 0 spiro atoms. The predicted molar refractivity (Wildman–Crippen MR) is 57.7 cm³/mol. The fourth-order valence-electron chi connectivity index (χ4n) is 1.43. The van der Waals surface area contributed by atoms with Crippen LogP contribution in [0.15, 0.2) is 33.5 Å². The summed E-state index contributed by atoms with van der Waals surface area (Å²) in [4.78, 5) is 32.5. The molecule has 1 heterocycles. The van der Waals surface area contributed by atoms with Crippen molar-refractivity contribution >= 4 is 22.6 Å². The number of nitrogens with zero attached hydrogens (tertiary/aromatic N) is 1. The second-order valence-electron chi connectivity index (χ2n) is 3.25. The van der Waals surface area contributed by atoms with Crippen molar-refractivity contribution in [1.29, 1.82) is 0 Å². The molecule has 1 aromatic carbocycles. The van der Waals surface area contributed by atoms with E-state index in [9.17, 15) is 19.7 Å². The molecule has 0 fully saturated rings.